The highest BCUT2D eigenvalue weighted by Crippen LogP contribution is 2.44. The Hall–Kier alpha value is -4.31. The molecule has 4 heteroatoms. The van der Waals surface area contributed by atoms with E-state index < -0.39 is 0 Å². The molecule has 4 atom stereocenters. The highest BCUT2D eigenvalue weighted by molar-refractivity contribution is 5.90. The lowest BCUT2D eigenvalue weighted by Crippen LogP contribution is -2.18. The highest BCUT2D eigenvalue weighted by atomic mass is 16.5. The molecule has 4 aromatic carbocycles. The Morgan fingerprint density at radius 3 is 1.20 bits per heavy atom. The Labute approximate surface area is 307 Å². The average Bonchev–Trinajstić information content (AvgIpc) is 3.68. The van der Waals surface area contributed by atoms with E-state index in [0.29, 0.717) is 11.8 Å². The quantitative estimate of drug-likeness (QED) is 0.228. The summed E-state index contributed by atoms with van der Waals surface area (Å²) in [7, 11) is 0. The third-order valence-corrected chi connectivity index (χ3v) is 10.4. The molecule has 4 aromatic rings. The molecule has 2 aliphatic rings. The fourth-order valence-corrected chi connectivity index (χ4v) is 6.89. The van der Waals surface area contributed by atoms with Crippen molar-refractivity contribution < 1.29 is 9.47 Å². The minimum atomic E-state index is -0.255. The van der Waals surface area contributed by atoms with Crippen LogP contribution in [0.2, 0.25) is 0 Å². The van der Waals surface area contributed by atoms with Crippen molar-refractivity contribution in [2.45, 2.75) is 129 Å². The topological polar surface area (TPSA) is 42.9 Å². The number of rotatable bonds is 5. The molecular formula is C47H58N2O2. The average molecular weight is 683 g/mol. The zero-order valence-corrected chi connectivity index (χ0v) is 32.9. The van der Waals surface area contributed by atoms with E-state index in [1.54, 1.807) is 0 Å². The van der Waals surface area contributed by atoms with Crippen LogP contribution in [0.15, 0.2) is 114 Å². The van der Waals surface area contributed by atoms with Crippen LogP contribution in [0.1, 0.15) is 152 Å². The molecule has 268 valence electrons. The van der Waals surface area contributed by atoms with Crippen LogP contribution < -0.4 is 5.32 Å². The summed E-state index contributed by atoms with van der Waals surface area (Å²) in [5.41, 5.74) is 10.1. The molecule has 1 fully saturated rings. The molecule has 51 heavy (non-hydrogen) atoms. The molecule has 0 bridgehead atoms. The fourth-order valence-electron chi connectivity index (χ4n) is 6.89. The summed E-state index contributed by atoms with van der Waals surface area (Å²) in [6.07, 6.45) is 1.48. The number of benzene rings is 4. The lowest BCUT2D eigenvalue weighted by atomic mass is 9.84. The summed E-state index contributed by atoms with van der Waals surface area (Å²) in [6, 6.07) is 35.3. The summed E-state index contributed by atoms with van der Waals surface area (Å²) < 4.78 is 13.5. The number of nitrogens with one attached hydrogen (secondary N) is 1. The molecule has 0 unspecified atom stereocenters. The maximum atomic E-state index is 6.78. The van der Waals surface area contributed by atoms with Crippen LogP contribution in [0.3, 0.4) is 0 Å². The Morgan fingerprint density at radius 1 is 0.451 bits per heavy atom. The van der Waals surface area contributed by atoms with Crippen molar-refractivity contribution in [3.05, 3.63) is 154 Å². The molecule has 0 saturated carbocycles. The highest BCUT2D eigenvalue weighted by Gasteiger charge is 2.38. The summed E-state index contributed by atoms with van der Waals surface area (Å²) in [5, 5.41) is 3.72. The standard InChI is InChI=1S/C47H58N2O2/c1-44(2,3)34-21-13-30(14-22-34)40-42(32-17-25-36(26-18-32)46(7,8)9)50-38(48-40)29-39-49-41(31-15-23-35(24-16-31)45(4,5)6)43(51-39)33-19-27-37(28-20-33)47(10,11)12/h13-29,40-43,48H,1-12H3/b38-29+/t40-,41-,42-,43-/m0/s1. The van der Waals surface area contributed by atoms with E-state index in [9.17, 15) is 0 Å². The zero-order chi connectivity index (χ0) is 36.9. The second-order valence-electron chi connectivity index (χ2n) is 18.6. The van der Waals surface area contributed by atoms with Crippen molar-refractivity contribution >= 4 is 5.90 Å². The molecule has 0 aliphatic carbocycles. The van der Waals surface area contributed by atoms with Gasteiger partial charge in [0, 0.05) is 0 Å². The van der Waals surface area contributed by atoms with Gasteiger partial charge in [-0.05, 0) is 66.2 Å². The summed E-state index contributed by atoms with van der Waals surface area (Å²) >= 11 is 0. The minimum absolute atomic E-state index is 0.0715. The largest absolute Gasteiger partial charge is 0.468 e. The predicted octanol–water partition coefficient (Wildman–Crippen LogP) is 12.0. The van der Waals surface area contributed by atoms with Crippen LogP contribution in [-0.4, -0.2) is 5.90 Å². The van der Waals surface area contributed by atoms with E-state index in [2.05, 4.69) is 185 Å². The minimum Gasteiger partial charge on any atom is -0.468 e. The Kier molecular flexibility index (Phi) is 9.55. The van der Waals surface area contributed by atoms with Gasteiger partial charge >= 0.3 is 0 Å². The van der Waals surface area contributed by atoms with Gasteiger partial charge < -0.3 is 14.8 Å². The number of aliphatic imine (C=N–C) groups is 1. The van der Waals surface area contributed by atoms with Crippen molar-refractivity contribution in [1.29, 1.82) is 0 Å². The molecule has 0 aromatic heterocycles. The number of hydrogen-bond donors (Lipinski definition) is 1. The van der Waals surface area contributed by atoms with Gasteiger partial charge in [0.05, 0.1) is 12.1 Å². The first kappa shape index (κ1) is 36.5. The zero-order valence-electron chi connectivity index (χ0n) is 32.9. The maximum Gasteiger partial charge on any atom is 0.215 e. The second kappa shape index (κ2) is 13.3. The van der Waals surface area contributed by atoms with Crippen LogP contribution in [-0.2, 0) is 31.1 Å². The van der Waals surface area contributed by atoms with Crippen LogP contribution in [0.5, 0.6) is 0 Å². The van der Waals surface area contributed by atoms with Gasteiger partial charge in [-0.3, -0.25) is 0 Å². The predicted molar refractivity (Wildman–Crippen MR) is 212 cm³/mol. The first-order valence-corrected chi connectivity index (χ1v) is 18.6. The summed E-state index contributed by atoms with van der Waals surface area (Å²) in [5.74, 6) is 1.23. The summed E-state index contributed by atoms with van der Waals surface area (Å²) in [4.78, 5) is 5.21. The lowest BCUT2D eigenvalue weighted by molar-refractivity contribution is 0.150. The van der Waals surface area contributed by atoms with Gasteiger partial charge in [0.15, 0.2) is 12.0 Å². The van der Waals surface area contributed by atoms with Gasteiger partial charge in [0.1, 0.15) is 12.1 Å². The van der Waals surface area contributed by atoms with Gasteiger partial charge in [-0.25, -0.2) is 4.99 Å². The van der Waals surface area contributed by atoms with E-state index in [1.807, 2.05) is 6.08 Å². The van der Waals surface area contributed by atoms with E-state index in [4.69, 9.17) is 14.5 Å². The number of hydrogen-bond acceptors (Lipinski definition) is 4. The van der Waals surface area contributed by atoms with E-state index in [0.717, 1.165) is 16.7 Å². The molecule has 0 radical (unpaired) electrons. The van der Waals surface area contributed by atoms with Crippen LogP contribution in [0.4, 0.5) is 0 Å². The first-order valence-electron chi connectivity index (χ1n) is 18.6. The maximum absolute atomic E-state index is 6.78. The Balaban J connectivity index is 1.35. The van der Waals surface area contributed by atoms with Crippen molar-refractivity contribution in [2.75, 3.05) is 0 Å². The second-order valence-corrected chi connectivity index (χ2v) is 18.6. The van der Waals surface area contributed by atoms with E-state index in [-0.39, 0.29) is 46.0 Å². The van der Waals surface area contributed by atoms with Crippen molar-refractivity contribution in [3.8, 4) is 0 Å². The lowest BCUT2D eigenvalue weighted by Gasteiger charge is -2.23. The van der Waals surface area contributed by atoms with Gasteiger partial charge in [0.25, 0.3) is 0 Å². The van der Waals surface area contributed by atoms with Gasteiger partial charge in [-0.15, -0.1) is 0 Å². The molecule has 2 aliphatic heterocycles. The van der Waals surface area contributed by atoms with Crippen LogP contribution in [0, 0.1) is 0 Å². The molecule has 2 heterocycles. The van der Waals surface area contributed by atoms with Crippen molar-refractivity contribution in [2.24, 2.45) is 4.99 Å². The number of ether oxygens (including phenoxy) is 2. The first-order chi connectivity index (χ1) is 23.8. The van der Waals surface area contributed by atoms with Crippen LogP contribution >= 0.6 is 0 Å². The fraction of sp³-hybridized carbons (Fsp3) is 0.426. The third kappa shape index (κ3) is 8.11. The molecule has 0 spiro atoms. The van der Waals surface area contributed by atoms with Gasteiger partial charge in [0.2, 0.25) is 5.90 Å². The smallest absolute Gasteiger partial charge is 0.215 e. The molecule has 6 rings (SSSR count). The Morgan fingerprint density at radius 2 is 0.804 bits per heavy atom. The normalized spacial score (nSPS) is 22.0. The van der Waals surface area contributed by atoms with Crippen molar-refractivity contribution in [1.82, 2.24) is 5.32 Å². The molecule has 1 N–H and O–H groups in total. The summed E-state index contributed by atoms with van der Waals surface area (Å²) in [6.45, 7) is 27.0. The van der Waals surface area contributed by atoms with Gasteiger partial charge in [-0.2, -0.15) is 0 Å². The SMILES string of the molecule is CC(C)(C)c1ccc([C@@H]2N=C(/C=C3\N[C@@H](c4ccc(C(C)(C)C)cc4)[C@H](c4ccc(C(C)(C)C)cc4)O3)O[C@H]2c2ccc(C(C)(C)C)cc2)cc1. The van der Waals surface area contributed by atoms with Crippen molar-refractivity contribution in [3.63, 3.8) is 0 Å². The molecule has 1 saturated heterocycles. The van der Waals surface area contributed by atoms with E-state index in [1.165, 1.54) is 27.8 Å². The third-order valence-electron chi connectivity index (χ3n) is 10.4. The molecule has 4 nitrogen and oxygen atoms in total. The number of nitrogens with zero attached hydrogens (tertiary/aromatic N) is 1. The van der Waals surface area contributed by atoms with Crippen LogP contribution in [0.25, 0.3) is 0 Å². The monoisotopic (exact) mass is 682 g/mol. The molecular weight excluding hydrogens is 625 g/mol. The Bertz CT molecular complexity index is 1800. The van der Waals surface area contributed by atoms with E-state index >= 15 is 0 Å². The molecule has 0 amide bonds. The van der Waals surface area contributed by atoms with Gasteiger partial charge in [-0.1, -0.05) is 180 Å².